The zero-order valence-electron chi connectivity index (χ0n) is 13.0. The van der Waals surface area contributed by atoms with E-state index in [9.17, 15) is 9.59 Å². The number of hydrogen-bond acceptors (Lipinski definition) is 2. The molecule has 2 rings (SSSR count). The summed E-state index contributed by atoms with van der Waals surface area (Å²) < 4.78 is 0. The predicted octanol–water partition coefficient (Wildman–Crippen LogP) is 2.66. The summed E-state index contributed by atoms with van der Waals surface area (Å²) in [4.78, 5) is 24.8. The highest BCUT2D eigenvalue weighted by molar-refractivity contribution is 7.17. The quantitative estimate of drug-likeness (QED) is 0.686. The normalized spacial score (nSPS) is 19.0. The fraction of sp³-hybridized carbons (Fsp3) is 0.412. The second kappa shape index (κ2) is 7.06. The second-order valence-corrected chi connectivity index (χ2v) is 6.76. The van der Waals surface area contributed by atoms with Crippen LogP contribution in [0, 0.1) is 5.92 Å². The first-order valence-electron chi connectivity index (χ1n) is 7.52. The molecule has 1 aromatic rings. The van der Waals surface area contributed by atoms with E-state index < -0.39 is 5.97 Å². The largest absolute Gasteiger partial charge is 0.478 e. The van der Waals surface area contributed by atoms with E-state index in [-0.39, 0.29) is 5.91 Å². The van der Waals surface area contributed by atoms with Crippen LogP contribution in [0.15, 0.2) is 30.4 Å². The van der Waals surface area contributed by atoms with Crippen molar-refractivity contribution in [3.63, 3.8) is 0 Å². The zero-order valence-corrected chi connectivity index (χ0v) is 14.1. The first-order valence-corrected chi connectivity index (χ1v) is 8.19. The monoisotopic (exact) mass is 319 g/mol. The van der Waals surface area contributed by atoms with Crippen LogP contribution in [-0.4, -0.2) is 29.2 Å². The summed E-state index contributed by atoms with van der Waals surface area (Å²) in [6.45, 7) is 4.86. The number of carboxylic acids is 1. The van der Waals surface area contributed by atoms with Gasteiger partial charge in [-0.25, -0.2) is 4.79 Å². The minimum atomic E-state index is -1.11. The average Bonchev–Trinajstić information content (AvgIpc) is 2.50. The third kappa shape index (κ3) is 3.56. The summed E-state index contributed by atoms with van der Waals surface area (Å²) in [6, 6.07) is 6.01. The molecule has 3 atom stereocenters. The van der Waals surface area contributed by atoms with E-state index in [2.05, 4.69) is 29.2 Å². The molecule has 0 radical (unpaired) electrons. The van der Waals surface area contributed by atoms with Gasteiger partial charge < -0.3 is 10.0 Å². The number of amides is 1. The van der Waals surface area contributed by atoms with Gasteiger partial charge in [-0.2, -0.15) is 0 Å². The first kappa shape index (κ1) is 16.7. The molecule has 1 N–H and O–H groups in total. The fourth-order valence-electron chi connectivity index (χ4n) is 2.89. The molecule has 3 unspecified atom stereocenters. The number of aliphatic carboxylic acids is 1. The Hall–Kier alpha value is -1.67. The van der Waals surface area contributed by atoms with E-state index in [1.165, 1.54) is 11.1 Å². The molecule has 118 valence electrons. The summed E-state index contributed by atoms with van der Waals surface area (Å²) in [5.74, 6) is -1.02. The number of anilines is 1. The number of rotatable bonds is 4. The molecule has 1 aliphatic rings. The van der Waals surface area contributed by atoms with E-state index in [1.54, 1.807) is 4.90 Å². The third-order valence-electron chi connectivity index (χ3n) is 4.18. The number of fused-ring (bicyclic) bond motifs is 1. The van der Waals surface area contributed by atoms with Crippen molar-refractivity contribution in [1.82, 2.24) is 0 Å². The highest BCUT2D eigenvalue weighted by Gasteiger charge is 2.30. The van der Waals surface area contributed by atoms with Gasteiger partial charge in [0.15, 0.2) is 0 Å². The van der Waals surface area contributed by atoms with Crippen molar-refractivity contribution in [2.75, 3.05) is 11.4 Å². The average molecular weight is 319 g/mol. The highest BCUT2D eigenvalue weighted by Crippen LogP contribution is 2.35. The minimum absolute atomic E-state index is 0.271. The molecule has 4 nitrogen and oxygen atoms in total. The molecular formula is C17H22NO3P. The maximum atomic E-state index is 12.4. The van der Waals surface area contributed by atoms with Crippen LogP contribution >= 0.6 is 9.24 Å². The predicted molar refractivity (Wildman–Crippen MR) is 91.3 cm³/mol. The lowest BCUT2D eigenvalue weighted by Gasteiger charge is -2.37. The van der Waals surface area contributed by atoms with Crippen LogP contribution in [-0.2, 0) is 22.4 Å². The molecule has 1 aliphatic heterocycles. The molecule has 1 aromatic carbocycles. The summed E-state index contributed by atoms with van der Waals surface area (Å²) >= 11 is 0. The lowest BCUT2D eigenvalue weighted by molar-refractivity contribution is -0.131. The Morgan fingerprint density at radius 1 is 1.45 bits per heavy atom. The van der Waals surface area contributed by atoms with Crippen molar-refractivity contribution in [3.05, 3.63) is 41.5 Å². The molecule has 5 heteroatoms. The summed E-state index contributed by atoms with van der Waals surface area (Å²) in [7, 11) is 2.81. The van der Waals surface area contributed by atoms with Gasteiger partial charge in [-0.15, -0.1) is 9.24 Å². The van der Waals surface area contributed by atoms with Gasteiger partial charge in [0.25, 0.3) is 5.91 Å². The van der Waals surface area contributed by atoms with Crippen LogP contribution < -0.4 is 4.90 Å². The molecule has 0 fully saturated rings. The molecule has 0 saturated heterocycles. The van der Waals surface area contributed by atoms with Crippen LogP contribution in [0.5, 0.6) is 0 Å². The van der Waals surface area contributed by atoms with Gasteiger partial charge >= 0.3 is 5.97 Å². The molecular weight excluding hydrogens is 297 g/mol. The number of carbonyl (C=O) groups is 2. The molecule has 1 amide bonds. The van der Waals surface area contributed by atoms with E-state index >= 15 is 0 Å². The fourth-order valence-corrected chi connectivity index (χ4v) is 3.15. The van der Waals surface area contributed by atoms with E-state index in [1.807, 2.05) is 12.1 Å². The standard InChI is InChI=1S/C17H22NO3P/c1-3-12-5-4-6-15-14(12)9-13(11(2)22)10-18(15)16(19)7-8-17(20)21/h4-8,11,13H,3,9-10,22H2,1-2H3,(H,20,21)/b8-7+. The summed E-state index contributed by atoms with van der Waals surface area (Å²) in [5, 5.41) is 8.72. The van der Waals surface area contributed by atoms with Crippen LogP contribution in [0.25, 0.3) is 0 Å². The minimum Gasteiger partial charge on any atom is -0.478 e. The number of nitrogens with zero attached hydrogens (tertiary/aromatic N) is 1. The van der Waals surface area contributed by atoms with Crippen molar-refractivity contribution in [2.24, 2.45) is 5.92 Å². The SMILES string of the molecule is CCc1cccc2c1CC(C(C)P)CN2C(=O)/C=C/C(=O)O. The maximum Gasteiger partial charge on any atom is 0.328 e. The number of aryl methyl sites for hydroxylation is 1. The van der Waals surface area contributed by atoms with Gasteiger partial charge in [0.05, 0.1) is 0 Å². The maximum absolute atomic E-state index is 12.4. The smallest absolute Gasteiger partial charge is 0.328 e. The molecule has 22 heavy (non-hydrogen) atoms. The number of carbonyl (C=O) groups excluding carboxylic acids is 1. The summed E-state index contributed by atoms with van der Waals surface area (Å²) in [6.07, 6.45) is 3.92. The first-order chi connectivity index (χ1) is 10.4. The van der Waals surface area contributed by atoms with Gasteiger partial charge in [-0.05, 0) is 41.6 Å². The lowest BCUT2D eigenvalue weighted by atomic mass is 9.86. The number of benzene rings is 1. The Kier molecular flexibility index (Phi) is 5.36. The van der Waals surface area contributed by atoms with Crippen molar-refractivity contribution in [3.8, 4) is 0 Å². The summed E-state index contributed by atoms with van der Waals surface area (Å²) in [5.41, 5.74) is 3.78. The van der Waals surface area contributed by atoms with Gasteiger partial charge in [0, 0.05) is 24.4 Å². The van der Waals surface area contributed by atoms with Crippen molar-refractivity contribution >= 4 is 26.8 Å². The number of hydrogen-bond donors (Lipinski definition) is 1. The van der Waals surface area contributed by atoms with Gasteiger partial charge in [-0.3, -0.25) is 4.79 Å². The molecule has 0 saturated carbocycles. The van der Waals surface area contributed by atoms with E-state index in [0.717, 1.165) is 30.7 Å². The molecule has 0 aromatic heterocycles. The van der Waals surface area contributed by atoms with E-state index in [4.69, 9.17) is 5.11 Å². The van der Waals surface area contributed by atoms with Crippen molar-refractivity contribution < 1.29 is 14.7 Å². The number of carboxylic acid groups (broad SMARTS) is 1. The van der Waals surface area contributed by atoms with E-state index in [0.29, 0.717) is 18.1 Å². The Balaban J connectivity index is 2.42. The second-order valence-electron chi connectivity index (χ2n) is 5.71. The Bertz CT molecular complexity index is 610. The Labute approximate surface area is 133 Å². The van der Waals surface area contributed by atoms with Crippen LogP contribution in [0.1, 0.15) is 25.0 Å². The molecule has 0 aliphatic carbocycles. The van der Waals surface area contributed by atoms with Crippen LogP contribution in [0.2, 0.25) is 0 Å². The van der Waals surface area contributed by atoms with Crippen LogP contribution in [0.3, 0.4) is 0 Å². The molecule has 0 spiro atoms. The van der Waals surface area contributed by atoms with Crippen LogP contribution in [0.4, 0.5) is 5.69 Å². The van der Waals surface area contributed by atoms with Gasteiger partial charge in [0.1, 0.15) is 0 Å². The molecule has 0 bridgehead atoms. The van der Waals surface area contributed by atoms with Gasteiger partial charge in [0.2, 0.25) is 0 Å². The lowest BCUT2D eigenvalue weighted by Crippen LogP contribution is -2.42. The van der Waals surface area contributed by atoms with Crippen molar-refractivity contribution in [2.45, 2.75) is 32.3 Å². The van der Waals surface area contributed by atoms with Gasteiger partial charge in [-0.1, -0.05) is 26.0 Å². The molecule has 1 heterocycles. The van der Waals surface area contributed by atoms with Crippen molar-refractivity contribution in [1.29, 1.82) is 0 Å². The Morgan fingerprint density at radius 2 is 2.18 bits per heavy atom. The Morgan fingerprint density at radius 3 is 2.77 bits per heavy atom. The topological polar surface area (TPSA) is 57.6 Å². The zero-order chi connectivity index (χ0) is 16.3. The highest BCUT2D eigenvalue weighted by atomic mass is 31.0. The third-order valence-corrected chi connectivity index (χ3v) is 4.73.